The van der Waals surface area contributed by atoms with Gasteiger partial charge < -0.3 is 10.6 Å². The van der Waals surface area contributed by atoms with Gasteiger partial charge in [-0.25, -0.2) is 4.98 Å². The number of halogens is 3. The van der Waals surface area contributed by atoms with E-state index in [2.05, 4.69) is 51.3 Å². The van der Waals surface area contributed by atoms with Crippen molar-refractivity contribution in [3.05, 3.63) is 29.6 Å². The maximum atomic E-state index is 14.1. The fraction of sp³-hybridized carbons (Fsp3) is 0.654. The molecule has 0 saturated carbocycles. The average molecular weight is 493 g/mol. The average Bonchev–Trinajstić information content (AvgIpc) is 3.35. The molecule has 0 amide bonds. The topological polar surface area (TPSA) is 66.0 Å². The van der Waals surface area contributed by atoms with E-state index in [0.29, 0.717) is 17.3 Å². The number of anilines is 2. The SMILES string of the molecule is CCCCNc1ncc(-c2cc(C(F)(F)F)c(CN3CCCC3)cn2)c(NC(CC)CCCC)n1. The van der Waals surface area contributed by atoms with Gasteiger partial charge in [0.2, 0.25) is 5.95 Å². The third-order valence-electron chi connectivity index (χ3n) is 6.50. The minimum Gasteiger partial charge on any atom is -0.367 e. The summed E-state index contributed by atoms with van der Waals surface area (Å²) in [5, 5.41) is 6.69. The van der Waals surface area contributed by atoms with Crippen molar-refractivity contribution < 1.29 is 13.2 Å². The lowest BCUT2D eigenvalue weighted by Crippen LogP contribution is -2.22. The van der Waals surface area contributed by atoms with Crippen molar-refractivity contribution in [2.24, 2.45) is 0 Å². The number of nitrogens with zero attached hydrogens (tertiary/aromatic N) is 4. The number of nitrogens with one attached hydrogen (secondary N) is 2. The van der Waals surface area contributed by atoms with Crippen LogP contribution in [0.3, 0.4) is 0 Å². The molecule has 6 nitrogen and oxygen atoms in total. The molecule has 0 aromatic carbocycles. The first kappa shape index (κ1) is 27.2. The molecule has 0 spiro atoms. The number of likely N-dealkylation sites (tertiary alicyclic amines) is 1. The Labute approximate surface area is 207 Å². The summed E-state index contributed by atoms with van der Waals surface area (Å²) in [4.78, 5) is 15.6. The molecule has 0 aliphatic carbocycles. The Bertz CT molecular complexity index is 928. The van der Waals surface area contributed by atoms with Crippen molar-refractivity contribution in [1.82, 2.24) is 19.9 Å². The molecule has 1 saturated heterocycles. The molecule has 1 fully saturated rings. The minimum absolute atomic E-state index is 0.170. The zero-order valence-electron chi connectivity index (χ0n) is 21.2. The Hall–Kier alpha value is -2.42. The molecule has 0 radical (unpaired) electrons. The van der Waals surface area contributed by atoms with Gasteiger partial charge >= 0.3 is 6.18 Å². The Morgan fingerprint density at radius 3 is 2.43 bits per heavy atom. The van der Waals surface area contributed by atoms with Gasteiger partial charge in [0.25, 0.3) is 0 Å². The van der Waals surface area contributed by atoms with Gasteiger partial charge in [-0.15, -0.1) is 0 Å². The molecule has 1 aliphatic rings. The van der Waals surface area contributed by atoms with Crippen molar-refractivity contribution >= 4 is 11.8 Å². The van der Waals surface area contributed by atoms with E-state index in [1.807, 2.05) is 0 Å². The van der Waals surface area contributed by atoms with Gasteiger partial charge in [0, 0.05) is 31.5 Å². The smallest absolute Gasteiger partial charge is 0.367 e. The van der Waals surface area contributed by atoms with E-state index in [1.54, 1.807) is 6.20 Å². The molecule has 2 aromatic rings. The zero-order chi connectivity index (χ0) is 25.3. The van der Waals surface area contributed by atoms with E-state index >= 15 is 0 Å². The molecule has 2 N–H and O–H groups in total. The predicted molar refractivity (Wildman–Crippen MR) is 135 cm³/mol. The summed E-state index contributed by atoms with van der Waals surface area (Å²) >= 11 is 0. The van der Waals surface area contributed by atoms with E-state index in [0.717, 1.165) is 77.1 Å². The van der Waals surface area contributed by atoms with Crippen LogP contribution in [-0.4, -0.2) is 45.5 Å². The third kappa shape index (κ3) is 7.78. The first-order chi connectivity index (χ1) is 16.9. The molecule has 1 atom stereocenters. The summed E-state index contributed by atoms with van der Waals surface area (Å²) in [5.41, 5.74) is 0.295. The van der Waals surface area contributed by atoms with Crippen LogP contribution in [0.5, 0.6) is 0 Å². The maximum Gasteiger partial charge on any atom is 0.416 e. The highest BCUT2D eigenvalue weighted by atomic mass is 19.4. The van der Waals surface area contributed by atoms with Gasteiger partial charge in [0.05, 0.1) is 16.8 Å². The molecule has 9 heteroatoms. The first-order valence-corrected chi connectivity index (χ1v) is 13.0. The molecule has 0 bridgehead atoms. The lowest BCUT2D eigenvalue weighted by molar-refractivity contribution is -0.138. The van der Waals surface area contributed by atoms with Gasteiger partial charge in [-0.05, 0) is 56.8 Å². The number of pyridine rings is 1. The third-order valence-corrected chi connectivity index (χ3v) is 6.50. The molecule has 35 heavy (non-hydrogen) atoms. The zero-order valence-corrected chi connectivity index (χ0v) is 21.2. The Kier molecular flexibility index (Phi) is 10.1. The van der Waals surface area contributed by atoms with Crippen LogP contribution in [0.15, 0.2) is 18.5 Å². The second kappa shape index (κ2) is 13.0. The van der Waals surface area contributed by atoms with Crippen LogP contribution in [0.2, 0.25) is 0 Å². The number of hydrogen-bond acceptors (Lipinski definition) is 6. The van der Waals surface area contributed by atoms with Crippen LogP contribution in [0.1, 0.15) is 83.3 Å². The molecular weight excluding hydrogens is 453 g/mol. The summed E-state index contributed by atoms with van der Waals surface area (Å²) in [6.45, 7) is 9.00. The molecule has 3 heterocycles. The van der Waals surface area contributed by atoms with Crippen LogP contribution in [0, 0.1) is 0 Å². The van der Waals surface area contributed by atoms with Crippen LogP contribution in [0.4, 0.5) is 24.9 Å². The van der Waals surface area contributed by atoms with E-state index in [4.69, 9.17) is 0 Å². The summed E-state index contributed by atoms with van der Waals surface area (Å²) in [7, 11) is 0. The normalized spacial score (nSPS) is 15.4. The van der Waals surface area contributed by atoms with Crippen molar-refractivity contribution in [2.75, 3.05) is 30.3 Å². The number of rotatable bonds is 13. The number of alkyl halides is 3. The molecule has 194 valence electrons. The number of unbranched alkanes of at least 4 members (excludes halogenated alkanes) is 2. The van der Waals surface area contributed by atoms with Crippen LogP contribution < -0.4 is 10.6 Å². The van der Waals surface area contributed by atoms with Crippen molar-refractivity contribution in [2.45, 2.75) is 90.9 Å². The highest BCUT2D eigenvalue weighted by Crippen LogP contribution is 2.36. The van der Waals surface area contributed by atoms with Crippen molar-refractivity contribution in [1.29, 1.82) is 0 Å². The van der Waals surface area contributed by atoms with Crippen molar-refractivity contribution in [3.8, 4) is 11.3 Å². The van der Waals surface area contributed by atoms with Crippen LogP contribution in [0.25, 0.3) is 11.3 Å². The quantitative estimate of drug-likeness (QED) is 0.302. The maximum absolute atomic E-state index is 14.1. The fourth-order valence-corrected chi connectivity index (χ4v) is 4.37. The van der Waals surface area contributed by atoms with E-state index < -0.39 is 11.7 Å². The Morgan fingerprint density at radius 1 is 1.03 bits per heavy atom. The van der Waals surface area contributed by atoms with Gasteiger partial charge in [-0.2, -0.15) is 18.2 Å². The Morgan fingerprint density at radius 2 is 1.77 bits per heavy atom. The molecule has 3 rings (SSSR count). The van der Waals surface area contributed by atoms with E-state index in [1.165, 1.54) is 6.20 Å². The van der Waals surface area contributed by atoms with Crippen LogP contribution in [-0.2, 0) is 12.7 Å². The summed E-state index contributed by atoms with van der Waals surface area (Å²) in [6.07, 6.45) is 6.56. The van der Waals surface area contributed by atoms with Gasteiger partial charge in [-0.3, -0.25) is 9.88 Å². The van der Waals surface area contributed by atoms with Gasteiger partial charge in [0.15, 0.2) is 0 Å². The largest absolute Gasteiger partial charge is 0.416 e. The molecule has 1 aliphatic heterocycles. The summed E-state index contributed by atoms with van der Waals surface area (Å²) < 4.78 is 42.2. The molecule has 2 aromatic heterocycles. The summed E-state index contributed by atoms with van der Waals surface area (Å²) in [6, 6.07) is 1.33. The molecular formula is C26H39F3N6. The predicted octanol–water partition coefficient (Wildman–Crippen LogP) is 6.75. The second-order valence-corrected chi connectivity index (χ2v) is 9.34. The number of aromatic nitrogens is 3. The van der Waals surface area contributed by atoms with E-state index in [-0.39, 0.29) is 23.8 Å². The van der Waals surface area contributed by atoms with Crippen molar-refractivity contribution in [3.63, 3.8) is 0 Å². The lowest BCUT2D eigenvalue weighted by Gasteiger charge is -2.21. The fourth-order valence-electron chi connectivity index (χ4n) is 4.37. The summed E-state index contributed by atoms with van der Waals surface area (Å²) in [5.74, 6) is 0.992. The Balaban J connectivity index is 1.97. The second-order valence-electron chi connectivity index (χ2n) is 9.34. The monoisotopic (exact) mass is 492 g/mol. The highest BCUT2D eigenvalue weighted by molar-refractivity contribution is 5.73. The first-order valence-electron chi connectivity index (χ1n) is 13.0. The standard InChI is InChI=1S/C26H39F3N6/c1-4-7-11-20(6-3)33-24-21(17-32-25(34-24)30-12-8-5-2)23-15-22(26(27,28)29)19(16-31-23)18-35-13-9-10-14-35/h15-17,20H,4-14,18H2,1-3H3,(H2,30,32,33,34). The highest BCUT2D eigenvalue weighted by Gasteiger charge is 2.35. The number of hydrogen-bond donors (Lipinski definition) is 2. The molecule has 1 unspecified atom stereocenters. The minimum atomic E-state index is -4.46. The van der Waals surface area contributed by atoms with E-state index in [9.17, 15) is 13.2 Å². The van der Waals surface area contributed by atoms with Gasteiger partial charge in [0.1, 0.15) is 5.82 Å². The van der Waals surface area contributed by atoms with Crippen LogP contribution >= 0.6 is 0 Å². The van der Waals surface area contributed by atoms with Gasteiger partial charge in [-0.1, -0.05) is 40.0 Å². The lowest BCUT2D eigenvalue weighted by atomic mass is 10.0.